The van der Waals surface area contributed by atoms with Crippen LogP contribution >= 0.6 is 0 Å². The van der Waals surface area contributed by atoms with Crippen molar-refractivity contribution in [2.75, 3.05) is 20.2 Å². The summed E-state index contributed by atoms with van der Waals surface area (Å²) >= 11 is 0. The number of hydrogen-bond acceptors (Lipinski definition) is 5. The average molecular weight is 289 g/mol. The second kappa shape index (κ2) is 6.45. The summed E-state index contributed by atoms with van der Waals surface area (Å²) in [4.78, 5) is 0. The summed E-state index contributed by atoms with van der Waals surface area (Å²) in [5.41, 5.74) is 8.53. The molecule has 114 valence electrons. The number of benzene rings is 1. The SMILES string of the molecule is COc1ccc2c(CCC3CCNCC3)noc2c1CN. The molecule has 0 radical (unpaired) electrons. The molecular weight excluding hydrogens is 266 g/mol. The summed E-state index contributed by atoms with van der Waals surface area (Å²) in [6.07, 6.45) is 4.66. The third-order valence-electron chi connectivity index (χ3n) is 4.45. The van der Waals surface area contributed by atoms with Gasteiger partial charge in [-0.1, -0.05) is 5.16 Å². The lowest BCUT2D eigenvalue weighted by Crippen LogP contribution is -2.27. The Hall–Kier alpha value is -1.59. The van der Waals surface area contributed by atoms with E-state index >= 15 is 0 Å². The van der Waals surface area contributed by atoms with Gasteiger partial charge in [0, 0.05) is 11.9 Å². The molecule has 3 rings (SSSR count). The molecule has 1 saturated heterocycles. The standard InChI is InChI=1S/C16H23N3O2/c1-20-15-5-3-12-14(19-21-16(12)13(15)10-17)4-2-11-6-8-18-9-7-11/h3,5,11,18H,2,4,6-10,17H2,1H3. The Labute approximate surface area is 124 Å². The molecule has 0 amide bonds. The van der Waals surface area contributed by atoms with E-state index in [4.69, 9.17) is 15.0 Å². The van der Waals surface area contributed by atoms with E-state index in [1.807, 2.05) is 12.1 Å². The fourth-order valence-electron chi connectivity index (χ4n) is 3.17. The Balaban J connectivity index is 1.80. The van der Waals surface area contributed by atoms with Gasteiger partial charge >= 0.3 is 0 Å². The quantitative estimate of drug-likeness (QED) is 0.883. The van der Waals surface area contributed by atoms with E-state index in [0.717, 1.165) is 53.4 Å². The monoisotopic (exact) mass is 289 g/mol. The lowest BCUT2D eigenvalue weighted by Gasteiger charge is -2.21. The number of rotatable bonds is 5. The van der Waals surface area contributed by atoms with Gasteiger partial charge in [-0.15, -0.1) is 0 Å². The van der Waals surface area contributed by atoms with Crippen LogP contribution in [0, 0.1) is 5.92 Å². The van der Waals surface area contributed by atoms with E-state index in [1.54, 1.807) is 7.11 Å². The minimum atomic E-state index is 0.392. The zero-order valence-electron chi connectivity index (χ0n) is 12.5. The second-order valence-electron chi connectivity index (χ2n) is 5.69. The molecule has 3 N–H and O–H groups in total. The number of piperidine rings is 1. The highest BCUT2D eigenvalue weighted by Gasteiger charge is 2.18. The second-order valence-corrected chi connectivity index (χ2v) is 5.69. The third-order valence-corrected chi connectivity index (χ3v) is 4.45. The Morgan fingerprint density at radius 1 is 1.38 bits per heavy atom. The Morgan fingerprint density at radius 2 is 2.19 bits per heavy atom. The molecule has 0 aliphatic carbocycles. The molecule has 0 saturated carbocycles. The molecule has 21 heavy (non-hydrogen) atoms. The van der Waals surface area contributed by atoms with E-state index in [2.05, 4.69) is 10.5 Å². The van der Waals surface area contributed by atoms with E-state index in [0.29, 0.717) is 6.54 Å². The van der Waals surface area contributed by atoms with Crippen LogP contribution in [0.2, 0.25) is 0 Å². The summed E-state index contributed by atoms with van der Waals surface area (Å²) in [6.45, 7) is 2.67. The predicted octanol–water partition coefficient (Wildman–Crippen LogP) is 2.23. The van der Waals surface area contributed by atoms with Crippen LogP contribution in [0.3, 0.4) is 0 Å². The smallest absolute Gasteiger partial charge is 0.175 e. The largest absolute Gasteiger partial charge is 0.496 e. The predicted molar refractivity (Wildman–Crippen MR) is 82.4 cm³/mol. The van der Waals surface area contributed by atoms with Gasteiger partial charge in [-0.25, -0.2) is 0 Å². The number of methoxy groups -OCH3 is 1. The van der Waals surface area contributed by atoms with Crippen LogP contribution < -0.4 is 15.8 Å². The van der Waals surface area contributed by atoms with Crippen molar-refractivity contribution in [2.45, 2.75) is 32.2 Å². The number of nitrogens with two attached hydrogens (primary N) is 1. The highest BCUT2D eigenvalue weighted by Crippen LogP contribution is 2.31. The highest BCUT2D eigenvalue weighted by atomic mass is 16.5. The van der Waals surface area contributed by atoms with Crippen molar-refractivity contribution < 1.29 is 9.26 Å². The molecule has 1 aromatic heterocycles. The van der Waals surface area contributed by atoms with Crippen molar-refractivity contribution in [3.05, 3.63) is 23.4 Å². The lowest BCUT2D eigenvalue weighted by atomic mass is 9.92. The zero-order chi connectivity index (χ0) is 14.7. The molecule has 2 aromatic rings. The number of nitrogens with one attached hydrogen (secondary N) is 1. The molecule has 0 atom stereocenters. The zero-order valence-corrected chi connectivity index (χ0v) is 12.5. The maximum atomic E-state index is 5.82. The third kappa shape index (κ3) is 2.89. The fraction of sp³-hybridized carbons (Fsp3) is 0.562. The van der Waals surface area contributed by atoms with Gasteiger partial charge in [0.05, 0.1) is 18.4 Å². The first-order valence-corrected chi connectivity index (χ1v) is 7.68. The van der Waals surface area contributed by atoms with Crippen LogP contribution in [-0.4, -0.2) is 25.4 Å². The minimum Gasteiger partial charge on any atom is -0.496 e. The van der Waals surface area contributed by atoms with E-state index < -0.39 is 0 Å². The molecule has 0 spiro atoms. The van der Waals surface area contributed by atoms with Gasteiger partial charge in [-0.05, 0) is 56.8 Å². The molecule has 1 fully saturated rings. The molecular formula is C16H23N3O2. The van der Waals surface area contributed by atoms with Crippen molar-refractivity contribution >= 4 is 11.0 Å². The topological polar surface area (TPSA) is 73.3 Å². The summed E-state index contributed by atoms with van der Waals surface area (Å²) in [5.74, 6) is 1.57. The van der Waals surface area contributed by atoms with Crippen molar-refractivity contribution in [2.24, 2.45) is 11.7 Å². The Morgan fingerprint density at radius 3 is 2.90 bits per heavy atom. The number of ether oxygens (including phenoxy) is 1. The normalized spacial score (nSPS) is 16.5. The van der Waals surface area contributed by atoms with Crippen LogP contribution in [0.4, 0.5) is 0 Å². The van der Waals surface area contributed by atoms with E-state index in [9.17, 15) is 0 Å². The number of fused-ring (bicyclic) bond motifs is 1. The van der Waals surface area contributed by atoms with Crippen LogP contribution in [0.15, 0.2) is 16.7 Å². The van der Waals surface area contributed by atoms with Crippen LogP contribution in [0.1, 0.15) is 30.5 Å². The summed E-state index contributed by atoms with van der Waals surface area (Å²) < 4.78 is 10.9. The van der Waals surface area contributed by atoms with Crippen molar-refractivity contribution in [1.29, 1.82) is 0 Å². The summed E-state index contributed by atoms with van der Waals surface area (Å²) in [6, 6.07) is 3.98. The number of hydrogen-bond donors (Lipinski definition) is 2. The molecule has 1 aliphatic rings. The molecule has 5 nitrogen and oxygen atoms in total. The summed E-state index contributed by atoms with van der Waals surface area (Å²) in [7, 11) is 1.65. The maximum absolute atomic E-state index is 5.82. The average Bonchev–Trinajstić information content (AvgIpc) is 2.96. The first-order valence-electron chi connectivity index (χ1n) is 7.68. The molecule has 5 heteroatoms. The fourth-order valence-corrected chi connectivity index (χ4v) is 3.17. The van der Waals surface area contributed by atoms with Gasteiger partial charge in [0.25, 0.3) is 0 Å². The molecule has 0 unspecified atom stereocenters. The van der Waals surface area contributed by atoms with Gasteiger partial charge in [0.2, 0.25) is 0 Å². The minimum absolute atomic E-state index is 0.392. The van der Waals surface area contributed by atoms with Gasteiger partial charge in [-0.2, -0.15) is 0 Å². The first kappa shape index (κ1) is 14.4. The number of aromatic nitrogens is 1. The van der Waals surface area contributed by atoms with Crippen LogP contribution in [-0.2, 0) is 13.0 Å². The Bertz CT molecular complexity index is 603. The summed E-state index contributed by atoms with van der Waals surface area (Å²) in [5, 5.41) is 8.74. The van der Waals surface area contributed by atoms with Gasteiger partial charge < -0.3 is 20.3 Å². The van der Waals surface area contributed by atoms with Gasteiger partial charge in [-0.3, -0.25) is 0 Å². The molecule has 2 heterocycles. The van der Waals surface area contributed by atoms with Crippen molar-refractivity contribution in [1.82, 2.24) is 10.5 Å². The van der Waals surface area contributed by atoms with Crippen molar-refractivity contribution in [3.63, 3.8) is 0 Å². The highest BCUT2D eigenvalue weighted by molar-refractivity contribution is 5.84. The lowest BCUT2D eigenvalue weighted by molar-refractivity contribution is 0.350. The molecule has 0 bridgehead atoms. The molecule has 1 aliphatic heterocycles. The van der Waals surface area contributed by atoms with E-state index in [-0.39, 0.29) is 0 Å². The number of nitrogens with zero attached hydrogens (tertiary/aromatic N) is 1. The van der Waals surface area contributed by atoms with Crippen LogP contribution in [0.5, 0.6) is 5.75 Å². The van der Waals surface area contributed by atoms with E-state index in [1.165, 1.54) is 19.3 Å². The van der Waals surface area contributed by atoms with Crippen LogP contribution in [0.25, 0.3) is 11.0 Å². The van der Waals surface area contributed by atoms with Gasteiger partial charge in [0.1, 0.15) is 5.75 Å². The van der Waals surface area contributed by atoms with Gasteiger partial charge in [0.15, 0.2) is 5.58 Å². The maximum Gasteiger partial charge on any atom is 0.175 e. The number of aryl methyl sites for hydroxylation is 1. The first-order chi connectivity index (χ1) is 10.3. The molecule has 1 aromatic carbocycles. The Kier molecular flexibility index (Phi) is 4.41. The van der Waals surface area contributed by atoms with Crippen molar-refractivity contribution in [3.8, 4) is 5.75 Å².